The van der Waals surface area contributed by atoms with Crippen LogP contribution in [0.2, 0.25) is 0 Å². The summed E-state index contributed by atoms with van der Waals surface area (Å²) in [6.07, 6.45) is 3.18. The Hall–Kier alpha value is -3.06. The van der Waals surface area contributed by atoms with E-state index < -0.39 is 40.5 Å². The van der Waals surface area contributed by atoms with Crippen LogP contribution in [0.4, 0.5) is 0 Å². The normalized spacial score (nSPS) is 16.5. The molecular formula is C21H25N5O5S2. The Morgan fingerprint density at radius 2 is 1.97 bits per heavy atom. The lowest BCUT2D eigenvalue weighted by molar-refractivity contribution is -0.139. The maximum atomic E-state index is 13.0. The van der Waals surface area contributed by atoms with Gasteiger partial charge in [0.2, 0.25) is 21.8 Å². The van der Waals surface area contributed by atoms with Crippen molar-refractivity contribution in [3.8, 4) is 0 Å². The van der Waals surface area contributed by atoms with Crippen molar-refractivity contribution in [2.24, 2.45) is 5.73 Å². The third-order valence-electron chi connectivity index (χ3n) is 4.87. The number of rotatable bonds is 10. The maximum Gasteiger partial charge on any atom is 0.247 e. The second-order valence-corrected chi connectivity index (χ2v) is 10.3. The minimum atomic E-state index is -3.91. The average Bonchev–Trinajstić information content (AvgIpc) is 3.45. The second-order valence-electron chi connectivity index (χ2n) is 7.36. The van der Waals surface area contributed by atoms with Gasteiger partial charge in [0.05, 0.1) is 23.8 Å². The third-order valence-corrected chi connectivity index (χ3v) is 7.35. The highest BCUT2D eigenvalue weighted by Crippen LogP contribution is 2.17. The summed E-state index contributed by atoms with van der Waals surface area (Å²) in [5, 5.41) is 19.9. The van der Waals surface area contributed by atoms with E-state index >= 15 is 0 Å². The smallest absolute Gasteiger partial charge is 0.247 e. The lowest BCUT2D eigenvalue weighted by atomic mass is 10.2. The van der Waals surface area contributed by atoms with Crippen molar-refractivity contribution in [3.63, 3.8) is 0 Å². The lowest BCUT2D eigenvalue weighted by Crippen LogP contribution is -2.55. The Labute approximate surface area is 195 Å². The molecule has 1 aliphatic rings. The number of amidine groups is 1. The standard InChI is InChI=1S/C21H25N5O5S2/c22-19(23)18-9-8-15(32-18)11-24-20(28)17-7-4-10-26(17)21(29)16(12-27)25-33(30,31)13-14-5-2-1-3-6-14/h1-9,16-17,25,27H,10-13H2,(H3,22,23)(H,24,28)/t16-,17?/m1/s1. The predicted octanol–water partition coefficient (Wildman–Crippen LogP) is -0.104. The van der Waals surface area contributed by atoms with Gasteiger partial charge in [-0.1, -0.05) is 42.5 Å². The van der Waals surface area contributed by atoms with E-state index in [9.17, 15) is 23.1 Å². The molecule has 1 unspecified atom stereocenters. The zero-order valence-corrected chi connectivity index (χ0v) is 19.2. The first-order valence-corrected chi connectivity index (χ1v) is 12.5. The molecule has 2 atom stereocenters. The summed E-state index contributed by atoms with van der Waals surface area (Å²) in [6.45, 7) is -0.446. The number of hydrogen-bond donors (Lipinski definition) is 5. The fourth-order valence-electron chi connectivity index (χ4n) is 3.29. The van der Waals surface area contributed by atoms with Gasteiger partial charge >= 0.3 is 0 Å². The van der Waals surface area contributed by atoms with E-state index in [1.165, 1.54) is 16.2 Å². The monoisotopic (exact) mass is 491 g/mol. The van der Waals surface area contributed by atoms with Gasteiger partial charge < -0.3 is 21.1 Å². The fraction of sp³-hybridized carbons (Fsp3) is 0.286. The molecule has 176 valence electrons. The van der Waals surface area contributed by atoms with Crippen molar-refractivity contribution in [1.29, 1.82) is 5.41 Å². The topological polar surface area (TPSA) is 166 Å². The van der Waals surface area contributed by atoms with Gasteiger partial charge in [0.25, 0.3) is 0 Å². The van der Waals surface area contributed by atoms with Crippen LogP contribution in [0.5, 0.6) is 0 Å². The molecule has 0 bridgehead atoms. The molecule has 1 aliphatic heterocycles. The van der Waals surface area contributed by atoms with Crippen molar-refractivity contribution in [3.05, 3.63) is 69.9 Å². The van der Waals surface area contributed by atoms with Crippen LogP contribution >= 0.6 is 11.3 Å². The van der Waals surface area contributed by atoms with Crippen molar-refractivity contribution < 1.29 is 23.1 Å². The number of carbonyl (C=O) groups is 2. The Kier molecular flexibility index (Phi) is 7.97. The summed E-state index contributed by atoms with van der Waals surface area (Å²) in [4.78, 5) is 28.2. The first-order valence-electron chi connectivity index (χ1n) is 10.0. The molecule has 0 radical (unpaired) electrons. The van der Waals surface area contributed by atoms with Gasteiger partial charge in [-0.3, -0.25) is 15.0 Å². The van der Waals surface area contributed by atoms with E-state index in [0.717, 1.165) is 4.88 Å². The van der Waals surface area contributed by atoms with Gasteiger partial charge in [-0.25, -0.2) is 13.1 Å². The first-order chi connectivity index (χ1) is 15.7. The Morgan fingerprint density at radius 3 is 2.61 bits per heavy atom. The zero-order chi connectivity index (χ0) is 24.0. The minimum absolute atomic E-state index is 0.0576. The highest BCUT2D eigenvalue weighted by Gasteiger charge is 2.35. The number of nitrogens with one attached hydrogen (secondary N) is 3. The number of aliphatic hydroxyl groups excluding tert-OH is 1. The summed E-state index contributed by atoms with van der Waals surface area (Å²) in [7, 11) is -3.91. The molecule has 10 nitrogen and oxygen atoms in total. The van der Waals surface area contributed by atoms with Gasteiger partial charge in [0.1, 0.15) is 17.9 Å². The van der Waals surface area contributed by atoms with Gasteiger partial charge in [0.15, 0.2) is 0 Å². The van der Waals surface area contributed by atoms with E-state index in [0.29, 0.717) is 10.4 Å². The van der Waals surface area contributed by atoms with Gasteiger partial charge in [0, 0.05) is 11.4 Å². The molecule has 0 saturated heterocycles. The summed E-state index contributed by atoms with van der Waals surface area (Å²) in [5.74, 6) is -1.55. The second kappa shape index (κ2) is 10.7. The molecule has 0 fully saturated rings. The number of aliphatic hydroxyl groups is 1. The quantitative estimate of drug-likeness (QED) is 0.177. The number of amides is 2. The number of sulfonamides is 1. The number of thiophene rings is 1. The molecule has 2 heterocycles. The van der Waals surface area contributed by atoms with Gasteiger partial charge in [-0.15, -0.1) is 11.3 Å². The van der Waals surface area contributed by atoms with Crippen molar-refractivity contribution in [2.45, 2.75) is 24.4 Å². The maximum absolute atomic E-state index is 13.0. The van der Waals surface area contributed by atoms with Crippen molar-refractivity contribution in [1.82, 2.24) is 14.9 Å². The van der Waals surface area contributed by atoms with Crippen molar-refractivity contribution >= 4 is 39.0 Å². The van der Waals surface area contributed by atoms with Gasteiger partial charge in [-0.2, -0.15) is 0 Å². The van der Waals surface area contributed by atoms with Crippen LogP contribution in [0.15, 0.2) is 54.6 Å². The molecule has 6 N–H and O–H groups in total. The van der Waals surface area contributed by atoms with E-state index in [-0.39, 0.29) is 24.7 Å². The van der Waals surface area contributed by atoms with Crippen LogP contribution in [0.3, 0.4) is 0 Å². The molecule has 0 aliphatic carbocycles. The Balaban J connectivity index is 1.61. The number of nitrogens with two attached hydrogens (primary N) is 1. The molecular weight excluding hydrogens is 466 g/mol. The van der Waals surface area contributed by atoms with Crippen LogP contribution in [-0.2, 0) is 31.9 Å². The average molecular weight is 492 g/mol. The van der Waals surface area contributed by atoms with Crippen molar-refractivity contribution in [2.75, 3.05) is 13.2 Å². The largest absolute Gasteiger partial charge is 0.394 e. The molecule has 33 heavy (non-hydrogen) atoms. The summed E-state index contributed by atoms with van der Waals surface area (Å²) >= 11 is 1.28. The van der Waals surface area contributed by atoms with Crippen LogP contribution in [0.1, 0.15) is 15.3 Å². The number of nitrogen functional groups attached to an aromatic ring is 1. The Bertz CT molecular complexity index is 1150. The summed E-state index contributed by atoms with van der Waals surface area (Å²) in [6, 6.07) is 9.55. The van der Waals surface area contributed by atoms with E-state index in [1.807, 2.05) is 0 Å². The molecule has 1 aromatic carbocycles. The first kappa shape index (κ1) is 24.6. The fourth-order valence-corrected chi connectivity index (χ4v) is 5.42. The van der Waals surface area contributed by atoms with Crippen LogP contribution in [0.25, 0.3) is 0 Å². The Morgan fingerprint density at radius 1 is 1.24 bits per heavy atom. The highest BCUT2D eigenvalue weighted by molar-refractivity contribution is 7.88. The van der Waals surface area contributed by atoms with E-state index in [4.69, 9.17) is 11.1 Å². The number of nitrogens with zero attached hydrogens (tertiary/aromatic N) is 1. The SMILES string of the molecule is N=C(N)c1ccc(CNC(=O)C2C=CCN2C(=O)[C@@H](CO)NS(=O)(=O)Cc2ccccc2)s1. The van der Waals surface area contributed by atoms with Crippen LogP contribution in [0, 0.1) is 5.41 Å². The molecule has 0 spiro atoms. The van der Waals surface area contributed by atoms with E-state index in [1.54, 1.807) is 54.6 Å². The zero-order valence-electron chi connectivity index (χ0n) is 17.6. The predicted molar refractivity (Wildman–Crippen MR) is 125 cm³/mol. The molecule has 2 aromatic rings. The lowest BCUT2D eigenvalue weighted by Gasteiger charge is -2.27. The van der Waals surface area contributed by atoms with Crippen LogP contribution < -0.4 is 15.8 Å². The highest BCUT2D eigenvalue weighted by atomic mass is 32.2. The molecule has 1 aromatic heterocycles. The number of carbonyl (C=O) groups excluding carboxylic acids is 2. The number of benzene rings is 1. The van der Waals surface area contributed by atoms with E-state index in [2.05, 4.69) is 10.0 Å². The number of hydrogen-bond acceptors (Lipinski definition) is 7. The summed E-state index contributed by atoms with van der Waals surface area (Å²) < 4.78 is 27.2. The van der Waals surface area contributed by atoms with Gasteiger partial charge in [-0.05, 0) is 17.7 Å². The molecule has 2 amide bonds. The van der Waals surface area contributed by atoms with Crippen LogP contribution in [-0.4, -0.2) is 61.3 Å². The minimum Gasteiger partial charge on any atom is -0.394 e. The molecule has 3 rings (SSSR count). The summed E-state index contributed by atoms with van der Waals surface area (Å²) in [5.41, 5.74) is 5.98. The molecule has 12 heteroatoms. The third kappa shape index (κ3) is 6.48. The molecule has 0 saturated carbocycles.